The van der Waals surface area contributed by atoms with Gasteiger partial charge in [-0.15, -0.1) is 0 Å². The van der Waals surface area contributed by atoms with Crippen LogP contribution >= 0.6 is 11.8 Å². The molecule has 1 heterocycles. The van der Waals surface area contributed by atoms with E-state index < -0.39 is 0 Å². The minimum Gasteiger partial charge on any atom is -0.359 e. The number of nitrogens with one attached hydrogen (secondary N) is 1. The summed E-state index contributed by atoms with van der Waals surface area (Å²) in [5, 5.41) is 4.90. The Hall–Kier alpha value is -0.180. The van der Waals surface area contributed by atoms with Gasteiger partial charge in [0.1, 0.15) is 0 Å². The Kier molecular flexibility index (Phi) is 2.23. The molecule has 2 aliphatic carbocycles. The molecule has 0 unspecified atom stereocenters. The van der Waals surface area contributed by atoms with Crippen molar-refractivity contribution in [3.05, 3.63) is 0 Å². The van der Waals surface area contributed by atoms with Gasteiger partial charge >= 0.3 is 0 Å². The second kappa shape index (κ2) is 3.44. The second-order valence-electron chi connectivity index (χ2n) is 4.99. The number of nitrogens with zero attached hydrogens (tertiary/aromatic N) is 1. The zero-order chi connectivity index (χ0) is 9.43. The van der Waals surface area contributed by atoms with Crippen molar-refractivity contribution in [2.45, 2.75) is 44.1 Å². The van der Waals surface area contributed by atoms with Gasteiger partial charge < -0.3 is 5.32 Å². The summed E-state index contributed by atoms with van der Waals surface area (Å²) >= 11 is 1.95. The molecule has 1 N–H and O–H groups in total. The highest BCUT2D eigenvalue weighted by Crippen LogP contribution is 2.38. The zero-order valence-electron chi connectivity index (χ0n) is 8.59. The van der Waals surface area contributed by atoms with E-state index in [0.717, 1.165) is 12.5 Å². The fraction of sp³-hybridized carbons (Fsp3) is 0.909. The lowest BCUT2D eigenvalue weighted by atomic mass is 10.0. The maximum atomic E-state index is 4.67. The van der Waals surface area contributed by atoms with Gasteiger partial charge in [0.15, 0.2) is 5.17 Å². The van der Waals surface area contributed by atoms with E-state index in [1.165, 1.54) is 49.4 Å². The molecule has 0 atom stereocenters. The van der Waals surface area contributed by atoms with Crippen molar-refractivity contribution >= 4 is 16.9 Å². The predicted molar refractivity (Wildman–Crippen MR) is 61.8 cm³/mol. The first kappa shape index (κ1) is 9.08. The summed E-state index contributed by atoms with van der Waals surface area (Å²) in [5.74, 6) is 2.18. The topological polar surface area (TPSA) is 24.4 Å². The predicted octanol–water partition coefficient (Wildman–Crippen LogP) is 2.40. The van der Waals surface area contributed by atoms with Crippen LogP contribution in [0.1, 0.15) is 38.5 Å². The van der Waals surface area contributed by atoms with Gasteiger partial charge in [-0.3, -0.25) is 4.99 Å². The van der Waals surface area contributed by atoms with Gasteiger partial charge in [-0.05, 0) is 31.6 Å². The molecule has 1 saturated heterocycles. The SMILES string of the molecule is C1CCC2(C1)CSC(=NCC1CC1)N2. The van der Waals surface area contributed by atoms with E-state index in [1.54, 1.807) is 0 Å². The first-order valence-electron chi connectivity index (χ1n) is 5.82. The van der Waals surface area contributed by atoms with Crippen LogP contribution in [0, 0.1) is 5.92 Å². The highest BCUT2D eigenvalue weighted by Gasteiger charge is 2.39. The average Bonchev–Trinajstić information content (AvgIpc) is 2.79. The van der Waals surface area contributed by atoms with Crippen molar-refractivity contribution in [2.24, 2.45) is 10.9 Å². The lowest BCUT2D eigenvalue weighted by molar-refractivity contribution is 0.452. The van der Waals surface area contributed by atoms with Crippen LogP contribution in [-0.2, 0) is 0 Å². The van der Waals surface area contributed by atoms with Gasteiger partial charge in [0.25, 0.3) is 0 Å². The third-order valence-corrected chi connectivity index (χ3v) is 4.81. The minimum atomic E-state index is 0.451. The number of rotatable bonds is 2. The van der Waals surface area contributed by atoms with Crippen molar-refractivity contribution in [3.63, 3.8) is 0 Å². The Bertz CT molecular complexity index is 252. The maximum Gasteiger partial charge on any atom is 0.157 e. The molecular formula is C11H18N2S. The van der Waals surface area contributed by atoms with Crippen molar-refractivity contribution in [3.8, 4) is 0 Å². The van der Waals surface area contributed by atoms with E-state index in [-0.39, 0.29) is 0 Å². The Labute approximate surface area is 89.9 Å². The molecule has 3 rings (SSSR count). The Morgan fingerprint density at radius 3 is 2.86 bits per heavy atom. The molecule has 1 aliphatic heterocycles. The highest BCUT2D eigenvalue weighted by atomic mass is 32.2. The lowest BCUT2D eigenvalue weighted by Crippen LogP contribution is -2.40. The van der Waals surface area contributed by atoms with E-state index in [4.69, 9.17) is 0 Å². The molecule has 2 saturated carbocycles. The summed E-state index contributed by atoms with van der Waals surface area (Å²) in [4.78, 5) is 4.67. The third-order valence-electron chi connectivity index (χ3n) is 3.61. The highest BCUT2D eigenvalue weighted by molar-refractivity contribution is 8.14. The summed E-state index contributed by atoms with van der Waals surface area (Å²) in [6, 6.07) is 0. The van der Waals surface area contributed by atoms with Gasteiger partial charge in [0.2, 0.25) is 0 Å². The molecule has 1 spiro atoms. The quantitative estimate of drug-likeness (QED) is 0.757. The number of amidine groups is 1. The van der Waals surface area contributed by atoms with Gasteiger partial charge in [0, 0.05) is 17.8 Å². The van der Waals surface area contributed by atoms with Crippen molar-refractivity contribution in [1.82, 2.24) is 5.32 Å². The molecule has 0 bridgehead atoms. The van der Waals surface area contributed by atoms with Crippen LogP contribution in [0.4, 0.5) is 0 Å². The van der Waals surface area contributed by atoms with Crippen LogP contribution < -0.4 is 5.32 Å². The minimum absolute atomic E-state index is 0.451. The number of hydrogen-bond donors (Lipinski definition) is 1. The maximum absolute atomic E-state index is 4.67. The molecular weight excluding hydrogens is 192 g/mol. The molecule has 2 nitrogen and oxygen atoms in total. The molecule has 0 amide bonds. The van der Waals surface area contributed by atoms with Crippen LogP contribution in [0.5, 0.6) is 0 Å². The van der Waals surface area contributed by atoms with Crippen LogP contribution in [-0.4, -0.2) is 23.0 Å². The summed E-state index contributed by atoms with van der Waals surface area (Å²) < 4.78 is 0. The molecule has 0 aromatic carbocycles. The van der Waals surface area contributed by atoms with Crippen molar-refractivity contribution in [2.75, 3.05) is 12.3 Å². The molecule has 14 heavy (non-hydrogen) atoms. The smallest absolute Gasteiger partial charge is 0.157 e. The van der Waals surface area contributed by atoms with Crippen LogP contribution in [0.2, 0.25) is 0 Å². The van der Waals surface area contributed by atoms with E-state index >= 15 is 0 Å². The summed E-state index contributed by atoms with van der Waals surface area (Å²) in [7, 11) is 0. The third kappa shape index (κ3) is 1.79. The first-order chi connectivity index (χ1) is 6.86. The molecule has 0 radical (unpaired) electrons. The summed E-state index contributed by atoms with van der Waals surface area (Å²) in [6.45, 7) is 1.07. The molecule has 78 valence electrons. The van der Waals surface area contributed by atoms with Gasteiger partial charge in [0.05, 0.1) is 0 Å². The van der Waals surface area contributed by atoms with Crippen LogP contribution in [0.3, 0.4) is 0 Å². The van der Waals surface area contributed by atoms with Crippen molar-refractivity contribution in [1.29, 1.82) is 0 Å². The molecule has 0 aromatic heterocycles. The largest absolute Gasteiger partial charge is 0.359 e. The van der Waals surface area contributed by atoms with Crippen LogP contribution in [0.25, 0.3) is 0 Å². The molecule has 3 fully saturated rings. The van der Waals surface area contributed by atoms with E-state index in [0.29, 0.717) is 5.54 Å². The second-order valence-corrected chi connectivity index (χ2v) is 5.95. The first-order valence-corrected chi connectivity index (χ1v) is 6.80. The standard InChI is InChI=1S/C11H18N2S/c1-2-6-11(5-1)8-14-10(13-11)12-7-9-3-4-9/h9H,1-8H2,(H,12,13). The lowest BCUT2D eigenvalue weighted by Gasteiger charge is -2.21. The van der Waals surface area contributed by atoms with E-state index in [2.05, 4.69) is 10.3 Å². The Morgan fingerprint density at radius 1 is 1.36 bits per heavy atom. The monoisotopic (exact) mass is 210 g/mol. The Balaban J connectivity index is 1.59. The normalized spacial score (nSPS) is 32.7. The molecule has 3 aliphatic rings. The average molecular weight is 210 g/mol. The van der Waals surface area contributed by atoms with Crippen LogP contribution in [0.15, 0.2) is 4.99 Å². The number of hydrogen-bond acceptors (Lipinski definition) is 2. The van der Waals surface area contributed by atoms with Gasteiger partial charge in [-0.25, -0.2) is 0 Å². The van der Waals surface area contributed by atoms with Gasteiger partial charge in [-0.1, -0.05) is 24.6 Å². The van der Waals surface area contributed by atoms with E-state index in [1.807, 2.05) is 11.8 Å². The fourth-order valence-corrected chi connectivity index (χ4v) is 3.65. The Morgan fingerprint density at radius 2 is 2.14 bits per heavy atom. The summed E-state index contributed by atoms with van der Waals surface area (Å²) in [6.07, 6.45) is 8.36. The fourth-order valence-electron chi connectivity index (χ4n) is 2.42. The van der Waals surface area contributed by atoms with E-state index in [9.17, 15) is 0 Å². The number of aliphatic imine (C=N–C) groups is 1. The molecule has 3 heteroatoms. The number of thioether (sulfide) groups is 1. The summed E-state index contributed by atoms with van der Waals surface area (Å²) in [5.41, 5.74) is 0.451. The van der Waals surface area contributed by atoms with Crippen molar-refractivity contribution < 1.29 is 0 Å². The molecule has 0 aromatic rings. The zero-order valence-corrected chi connectivity index (χ0v) is 9.41. The van der Waals surface area contributed by atoms with Gasteiger partial charge in [-0.2, -0.15) is 0 Å².